The second kappa shape index (κ2) is 4.49. The van der Waals surface area contributed by atoms with Gasteiger partial charge in [0, 0.05) is 6.61 Å². The van der Waals surface area contributed by atoms with Gasteiger partial charge >= 0.3 is 5.97 Å². The summed E-state index contributed by atoms with van der Waals surface area (Å²) in [5, 5.41) is 18.6. The molecule has 0 saturated heterocycles. The van der Waals surface area contributed by atoms with Crippen molar-refractivity contribution in [3.63, 3.8) is 0 Å². The Hall–Kier alpha value is -1.35. The minimum Gasteiger partial charge on any atom is -0.481 e. The van der Waals surface area contributed by atoms with Gasteiger partial charge in [-0.2, -0.15) is 0 Å². The molecule has 2 rings (SSSR count). The maximum atomic E-state index is 11.6. The summed E-state index contributed by atoms with van der Waals surface area (Å²) in [6, 6.07) is 7.91. The minimum absolute atomic E-state index is 0.0282. The molecule has 0 bridgehead atoms. The maximum absolute atomic E-state index is 11.6. The molecule has 1 aromatic rings. The first-order valence-corrected chi connectivity index (χ1v) is 5.98. The molecule has 17 heavy (non-hydrogen) atoms. The summed E-state index contributed by atoms with van der Waals surface area (Å²) in [5.74, 6) is -0.714. The van der Waals surface area contributed by atoms with E-state index in [1.54, 1.807) is 0 Å². The van der Waals surface area contributed by atoms with Crippen LogP contribution >= 0.6 is 0 Å². The van der Waals surface area contributed by atoms with Crippen molar-refractivity contribution in [2.45, 2.75) is 26.2 Å². The molecule has 0 aliphatic heterocycles. The number of aliphatic hydroxyl groups is 1. The lowest BCUT2D eigenvalue weighted by atomic mass is 9.77. The Morgan fingerprint density at radius 1 is 1.35 bits per heavy atom. The van der Waals surface area contributed by atoms with Crippen molar-refractivity contribution < 1.29 is 15.0 Å². The molecule has 0 aromatic heterocycles. The molecule has 0 radical (unpaired) electrons. The lowest BCUT2D eigenvalue weighted by Gasteiger charge is -2.26. The Morgan fingerprint density at radius 3 is 2.29 bits per heavy atom. The number of aliphatic carboxylic acids is 1. The van der Waals surface area contributed by atoms with Gasteiger partial charge in [0.15, 0.2) is 0 Å². The number of carboxylic acids is 1. The molecular formula is C14H18O3. The van der Waals surface area contributed by atoms with Gasteiger partial charge in [-0.25, -0.2) is 0 Å². The third-order valence-electron chi connectivity index (χ3n) is 3.68. The summed E-state index contributed by atoms with van der Waals surface area (Å²) in [6.07, 6.45) is 1.71. The summed E-state index contributed by atoms with van der Waals surface area (Å²) >= 11 is 0. The van der Waals surface area contributed by atoms with Crippen LogP contribution in [-0.2, 0) is 17.6 Å². The van der Waals surface area contributed by atoms with E-state index >= 15 is 0 Å². The van der Waals surface area contributed by atoms with E-state index < -0.39 is 11.4 Å². The summed E-state index contributed by atoms with van der Waals surface area (Å²) in [6.45, 7) is 1.94. The first kappa shape index (κ1) is 12.1. The van der Waals surface area contributed by atoms with Gasteiger partial charge in [-0.05, 0) is 36.3 Å². The summed E-state index contributed by atoms with van der Waals surface area (Å²) in [7, 11) is 0. The van der Waals surface area contributed by atoms with Crippen molar-refractivity contribution in [2.75, 3.05) is 6.61 Å². The van der Waals surface area contributed by atoms with Crippen molar-refractivity contribution in [3.05, 3.63) is 35.4 Å². The van der Waals surface area contributed by atoms with Crippen molar-refractivity contribution in [2.24, 2.45) is 11.3 Å². The molecule has 3 heteroatoms. The van der Waals surface area contributed by atoms with Crippen LogP contribution in [0.4, 0.5) is 0 Å². The fraction of sp³-hybridized carbons (Fsp3) is 0.500. The lowest BCUT2D eigenvalue weighted by Crippen LogP contribution is -2.34. The predicted molar refractivity (Wildman–Crippen MR) is 64.8 cm³/mol. The fourth-order valence-corrected chi connectivity index (χ4v) is 2.81. The third kappa shape index (κ3) is 2.20. The van der Waals surface area contributed by atoms with Crippen LogP contribution in [0.5, 0.6) is 0 Å². The second-order valence-electron chi connectivity index (χ2n) is 5.20. The zero-order valence-corrected chi connectivity index (χ0v) is 10.0. The van der Waals surface area contributed by atoms with E-state index in [2.05, 4.69) is 0 Å². The first-order valence-electron chi connectivity index (χ1n) is 5.98. The molecule has 0 saturated carbocycles. The molecule has 0 amide bonds. The van der Waals surface area contributed by atoms with E-state index in [-0.39, 0.29) is 12.5 Å². The SMILES string of the molecule is CC(CO)CC1(C(=O)O)Cc2ccccc2C1. The molecule has 92 valence electrons. The van der Waals surface area contributed by atoms with Gasteiger partial charge in [0.1, 0.15) is 0 Å². The molecule has 0 heterocycles. The highest BCUT2D eigenvalue weighted by Crippen LogP contribution is 2.41. The van der Waals surface area contributed by atoms with Gasteiger partial charge in [-0.15, -0.1) is 0 Å². The van der Waals surface area contributed by atoms with E-state index in [4.69, 9.17) is 5.11 Å². The molecule has 1 unspecified atom stereocenters. The highest BCUT2D eigenvalue weighted by molar-refractivity contribution is 5.77. The monoisotopic (exact) mass is 234 g/mol. The lowest BCUT2D eigenvalue weighted by molar-refractivity contribution is -0.149. The number of hydrogen-bond donors (Lipinski definition) is 2. The molecule has 0 spiro atoms. The molecule has 0 fully saturated rings. The summed E-state index contributed by atoms with van der Waals surface area (Å²) < 4.78 is 0. The average molecular weight is 234 g/mol. The number of rotatable bonds is 4. The Morgan fingerprint density at radius 2 is 1.88 bits per heavy atom. The van der Waals surface area contributed by atoms with Crippen LogP contribution in [0.3, 0.4) is 0 Å². The van der Waals surface area contributed by atoms with Crippen LogP contribution in [0.1, 0.15) is 24.5 Å². The molecule has 3 nitrogen and oxygen atoms in total. The zero-order valence-electron chi connectivity index (χ0n) is 10.0. The van der Waals surface area contributed by atoms with Crippen LogP contribution in [0, 0.1) is 11.3 Å². The maximum Gasteiger partial charge on any atom is 0.310 e. The highest BCUT2D eigenvalue weighted by atomic mass is 16.4. The summed E-state index contributed by atoms with van der Waals surface area (Å²) in [4.78, 5) is 11.6. The van der Waals surface area contributed by atoms with E-state index in [0.29, 0.717) is 19.3 Å². The molecule has 1 aromatic carbocycles. The number of carboxylic acid groups (broad SMARTS) is 1. The van der Waals surface area contributed by atoms with Crippen molar-refractivity contribution in [1.29, 1.82) is 0 Å². The number of aliphatic hydroxyl groups excluding tert-OH is 1. The normalized spacial score (nSPS) is 18.7. The van der Waals surface area contributed by atoms with E-state index in [1.165, 1.54) is 0 Å². The molecular weight excluding hydrogens is 216 g/mol. The molecule has 1 atom stereocenters. The first-order chi connectivity index (χ1) is 8.07. The topological polar surface area (TPSA) is 57.5 Å². The summed E-state index contributed by atoms with van der Waals surface area (Å²) in [5.41, 5.74) is 1.56. The molecule has 1 aliphatic rings. The number of hydrogen-bond acceptors (Lipinski definition) is 2. The quantitative estimate of drug-likeness (QED) is 0.836. The second-order valence-corrected chi connectivity index (χ2v) is 5.20. The van der Waals surface area contributed by atoms with Gasteiger partial charge in [0.05, 0.1) is 5.41 Å². The van der Waals surface area contributed by atoms with Crippen molar-refractivity contribution in [1.82, 2.24) is 0 Å². The Bertz CT molecular complexity index is 400. The Kier molecular flexibility index (Phi) is 3.20. The smallest absolute Gasteiger partial charge is 0.310 e. The van der Waals surface area contributed by atoms with Crippen molar-refractivity contribution in [3.8, 4) is 0 Å². The van der Waals surface area contributed by atoms with Crippen LogP contribution < -0.4 is 0 Å². The third-order valence-corrected chi connectivity index (χ3v) is 3.68. The minimum atomic E-state index is -0.742. The van der Waals surface area contributed by atoms with Crippen LogP contribution in [0.15, 0.2) is 24.3 Å². The zero-order chi connectivity index (χ0) is 12.5. The number of benzene rings is 1. The van der Waals surface area contributed by atoms with Crippen LogP contribution in [-0.4, -0.2) is 22.8 Å². The standard InChI is InChI=1S/C14H18O3/c1-10(9-15)6-14(13(16)17)7-11-4-2-3-5-12(11)8-14/h2-5,10,15H,6-9H2,1H3,(H,16,17). The molecule has 1 aliphatic carbocycles. The van der Waals surface area contributed by atoms with Crippen LogP contribution in [0.25, 0.3) is 0 Å². The van der Waals surface area contributed by atoms with Crippen molar-refractivity contribution >= 4 is 5.97 Å². The fourth-order valence-electron chi connectivity index (χ4n) is 2.81. The number of fused-ring (bicyclic) bond motifs is 1. The Labute approximate surface area is 101 Å². The van der Waals surface area contributed by atoms with E-state index in [1.807, 2.05) is 31.2 Å². The van der Waals surface area contributed by atoms with E-state index in [9.17, 15) is 9.90 Å². The average Bonchev–Trinajstić information content (AvgIpc) is 2.68. The van der Waals surface area contributed by atoms with Gasteiger partial charge in [-0.1, -0.05) is 31.2 Å². The number of carbonyl (C=O) groups is 1. The largest absolute Gasteiger partial charge is 0.481 e. The molecule has 2 N–H and O–H groups in total. The van der Waals surface area contributed by atoms with Gasteiger partial charge in [0.25, 0.3) is 0 Å². The van der Waals surface area contributed by atoms with E-state index in [0.717, 1.165) is 11.1 Å². The van der Waals surface area contributed by atoms with Gasteiger partial charge < -0.3 is 10.2 Å². The van der Waals surface area contributed by atoms with Gasteiger partial charge in [0.2, 0.25) is 0 Å². The predicted octanol–water partition coefficient (Wildman–Crippen LogP) is 1.87. The van der Waals surface area contributed by atoms with Gasteiger partial charge in [-0.3, -0.25) is 4.79 Å². The highest BCUT2D eigenvalue weighted by Gasteiger charge is 2.44. The Balaban J connectivity index is 2.26. The van der Waals surface area contributed by atoms with Crippen LogP contribution in [0.2, 0.25) is 0 Å².